The van der Waals surface area contributed by atoms with Crippen LogP contribution in [0.3, 0.4) is 0 Å². The molecule has 2 N–H and O–H groups in total. The molecule has 1 aromatic rings. The predicted octanol–water partition coefficient (Wildman–Crippen LogP) is 3.48. The van der Waals surface area contributed by atoms with Crippen molar-refractivity contribution in [2.75, 3.05) is 18.3 Å². The van der Waals surface area contributed by atoms with Crippen LogP contribution in [0.5, 0.6) is 0 Å². The summed E-state index contributed by atoms with van der Waals surface area (Å²) in [5.41, 5.74) is -1.16. The molecule has 158 valence electrons. The van der Waals surface area contributed by atoms with Crippen LogP contribution in [-0.2, 0) is 33.1 Å². The molecule has 0 aromatic heterocycles. The normalized spacial score (nSPS) is 13.2. The molecule has 0 radical (unpaired) electrons. The summed E-state index contributed by atoms with van der Waals surface area (Å²) in [4.78, 5) is 24.5. The third-order valence-corrected chi connectivity index (χ3v) is 4.60. The zero-order valence-electron chi connectivity index (χ0n) is 16.8. The van der Waals surface area contributed by atoms with Crippen LogP contribution < -0.4 is 10.6 Å². The number of hydrogen-bond donors (Lipinski definition) is 2. The van der Waals surface area contributed by atoms with Gasteiger partial charge in [-0.3, -0.25) is 4.79 Å². The minimum Gasteiger partial charge on any atom is -0.444 e. The fraction of sp³-hybridized carbons (Fsp3) is 0.579. The molecule has 0 spiro atoms. The lowest BCUT2D eigenvalue weighted by Gasteiger charge is -2.23. The Balaban J connectivity index is 2.76. The van der Waals surface area contributed by atoms with Gasteiger partial charge in [0.25, 0.3) is 0 Å². The number of ether oxygens (including phenoxy) is 1. The van der Waals surface area contributed by atoms with Gasteiger partial charge in [-0.2, -0.15) is 13.2 Å². The molecular weight excluding hydrogens is 393 g/mol. The molecule has 0 unspecified atom stereocenters. The van der Waals surface area contributed by atoms with Crippen molar-refractivity contribution in [3.05, 3.63) is 35.4 Å². The molecule has 5 nitrogen and oxygen atoms in total. The molecule has 9 heteroatoms. The standard InChI is InChI=1S/C19H27F3N2O3S/c1-18(2,3)27-17(26)24-15(9-10-28(4)5)16(25)23-12-13-7-6-8-14(11-13)19(20,21)22/h6-8,11,15H,9-10,12H2,1-5H3,(H-,23,24,25,26)/p+1/t15-/m0/s1. The summed E-state index contributed by atoms with van der Waals surface area (Å²) < 4.78 is 43.6. The number of nitrogens with one attached hydrogen (secondary N) is 2. The lowest BCUT2D eigenvalue weighted by molar-refractivity contribution is -0.137. The first-order valence-electron chi connectivity index (χ1n) is 8.75. The first-order chi connectivity index (χ1) is 12.8. The largest absolute Gasteiger partial charge is 0.444 e. The van der Waals surface area contributed by atoms with E-state index >= 15 is 0 Å². The van der Waals surface area contributed by atoms with Gasteiger partial charge in [-0.1, -0.05) is 12.1 Å². The molecule has 2 amide bonds. The average molecular weight is 422 g/mol. The van der Waals surface area contributed by atoms with Gasteiger partial charge in [-0.25, -0.2) is 4.79 Å². The fourth-order valence-electron chi connectivity index (χ4n) is 2.24. The van der Waals surface area contributed by atoms with Gasteiger partial charge in [0.1, 0.15) is 17.4 Å². The number of amides is 2. The van der Waals surface area contributed by atoms with Crippen molar-refractivity contribution in [1.29, 1.82) is 0 Å². The lowest BCUT2D eigenvalue weighted by atomic mass is 10.1. The molecule has 1 rings (SSSR count). The van der Waals surface area contributed by atoms with Crippen LogP contribution >= 0.6 is 0 Å². The van der Waals surface area contributed by atoms with E-state index in [0.717, 1.165) is 17.9 Å². The maximum Gasteiger partial charge on any atom is 0.416 e. The maximum absolute atomic E-state index is 12.8. The highest BCUT2D eigenvalue weighted by Crippen LogP contribution is 2.29. The van der Waals surface area contributed by atoms with E-state index in [-0.39, 0.29) is 17.4 Å². The Kier molecular flexibility index (Phi) is 8.66. The van der Waals surface area contributed by atoms with E-state index in [0.29, 0.717) is 12.0 Å². The highest BCUT2D eigenvalue weighted by Gasteiger charge is 2.30. The van der Waals surface area contributed by atoms with Gasteiger partial charge in [0.2, 0.25) is 5.91 Å². The molecule has 0 saturated heterocycles. The zero-order valence-corrected chi connectivity index (χ0v) is 17.6. The van der Waals surface area contributed by atoms with Crippen molar-refractivity contribution in [1.82, 2.24) is 10.6 Å². The molecular formula is C19H28F3N2O3S+. The number of halogens is 3. The topological polar surface area (TPSA) is 67.4 Å². The van der Waals surface area contributed by atoms with Gasteiger partial charge in [-0.05, 0) is 49.4 Å². The van der Waals surface area contributed by atoms with Gasteiger partial charge in [0, 0.05) is 13.0 Å². The Morgan fingerprint density at radius 2 is 1.82 bits per heavy atom. The first-order valence-corrected chi connectivity index (χ1v) is 11.0. The van der Waals surface area contributed by atoms with Crippen LogP contribution in [0.4, 0.5) is 18.0 Å². The second-order valence-electron chi connectivity index (χ2n) is 7.59. The van der Waals surface area contributed by atoms with Crippen molar-refractivity contribution in [3.63, 3.8) is 0 Å². The van der Waals surface area contributed by atoms with E-state index in [4.69, 9.17) is 4.74 Å². The molecule has 1 atom stereocenters. The van der Waals surface area contributed by atoms with Gasteiger partial charge in [0.15, 0.2) is 0 Å². The van der Waals surface area contributed by atoms with Crippen LogP contribution in [0.25, 0.3) is 0 Å². The van der Waals surface area contributed by atoms with Gasteiger partial charge >= 0.3 is 12.3 Å². The minimum absolute atomic E-state index is 0.0633. The number of hydrogen-bond acceptors (Lipinski definition) is 3. The molecule has 0 heterocycles. The third kappa shape index (κ3) is 9.34. The molecule has 0 aliphatic rings. The minimum atomic E-state index is -4.45. The number of carbonyl (C=O) groups excluding carboxylic acids is 2. The number of benzene rings is 1. The predicted molar refractivity (Wildman–Crippen MR) is 105 cm³/mol. The quantitative estimate of drug-likeness (QED) is 0.663. The first kappa shape index (κ1) is 24.1. The number of carbonyl (C=O) groups is 2. The second-order valence-corrected chi connectivity index (χ2v) is 9.97. The summed E-state index contributed by atoms with van der Waals surface area (Å²) in [6.07, 6.45) is -0.710. The van der Waals surface area contributed by atoms with E-state index in [1.807, 2.05) is 12.5 Å². The van der Waals surface area contributed by atoms with Crippen LogP contribution in [0.2, 0.25) is 0 Å². The molecule has 0 aliphatic heterocycles. The van der Waals surface area contributed by atoms with E-state index < -0.39 is 35.4 Å². The Bertz CT molecular complexity index is 673. The molecule has 0 fully saturated rings. The Labute approximate surface area is 166 Å². The average Bonchev–Trinajstić information content (AvgIpc) is 2.54. The number of alkyl halides is 3. The SMILES string of the molecule is C[S+](C)CC[C@H](NC(=O)OC(C)(C)C)C(=O)NCc1cccc(C(F)(F)F)c1. The number of rotatable bonds is 7. The van der Waals surface area contributed by atoms with Crippen LogP contribution in [0, 0.1) is 0 Å². The summed E-state index contributed by atoms with van der Waals surface area (Å²) in [5.74, 6) is 0.256. The van der Waals surface area contributed by atoms with E-state index in [2.05, 4.69) is 10.6 Å². The molecule has 1 aromatic carbocycles. The fourth-order valence-corrected chi connectivity index (χ4v) is 2.95. The molecule has 0 aliphatic carbocycles. The summed E-state index contributed by atoms with van der Waals surface area (Å²) in [6, 6.07) is 3.94. The van der Waals surface area contributed by atoms with Crippen molar-refractivity contribution in [3.8, 4) is 0 Å². The van der Waals surface area contributed by atoms with Gasteiger partial charge in [0.05, 0.1) is 18.1 Å². The lowest BCUT2D eigenvalue weighted by Crippen LogP contribution is -2.48. The Morgan fingerprint density at radius 1 is 1.18 bits per heavy atom. The number of alkyl carbamates (subject to hydrolysis) is 1. The second kappa shape index (κ2) is 10.0. The monoisotopic (exact) mass is 421 g/mol. The van der Waals surface area contributed by atoms with Crippen LogP contribution in [0.15, 0.2) is 24.3 Å². The highest BCUT2D eigenvalue weighted by molar-refractivity contribution is 7.95. The van der Waals surface area contributed by atoms with E-state index in [1.54, 1.807) is 20.8 Å². The summed E-state index contributed by atoms with van der Waals surface area (Å²) in [7, 11) is 0.0633. The molecule has 0 bridgehead atoms. The third-order valence-electron chi connectivity index (χ3n) is 3.54. The summed E-state index contributed by atoms with van der Waals surface area (Å²) in [5, 5.41) is 5.15. The van der Waals surface area contributed by atoms with Crippen LogP contribution in [-0.4, -0.2) is 41.9 Å². The maximum atomic E-state index is 12.8. The molecule has 28 heavy (non-hydrogen) atoms. The van der Waals surface area contributed by atoms with Crippen molar-refractivity contribution >= 4 is 22.9 Å². The smallest absolute Gasteiger partial charge is 0.416 e. The Morgan fingerprint density at radius 3 is 2.36 bits per heavy atom. The van der Waals surface area contributed by atoms with E-state index in [9.17, 15) is 22.8 Å². The Hall–Kier alpha value is -1.90. The zero-order chi connectivity index (χ0) is 21.5. The van der Waals surface area contributed by atoms with Crippen LogP contribution in [0.1, 0.15) is 38.3 Å². The van der Waals surface area contributed by atoms with Crippen molar-refractivity contribution in [2.45, 2.75) is 51.6 Å². The molecule has 0 saturated carbocycles. The van der Waals surface area contributed by atoms with Gasteiger partial charge in [-0.15, -0.1) is 0 Å². The van der Waals surface area contributed by atoms with E-state index in [1.165, 1.54) is 12.1 Å². The van der Waals surface area contributed by atoms with Gasteiger partial charge < -0.3 is 15.4 Å². The summed E-state index contributed by atoms with van der Waals surface area (Å²) in [6.45, 7) is 5.07. The van der Waals surface area contributed by atoms with Crippen molar-refractivity contribution in [2.24, 2.45) is 0 Å². The summed E-state index contributed by atoms with van der Waals surface area (Å²) >= 11 is 0. The van der Waals surface area contributed by atoms with Crippen molar-refractivity contribution < 1.29 is 27.5 Å². The highest BCUT2D eigenvalue weighted by atomic mass is 32.2.